The normalized spacial score (nSPS) is 12.9. The van der Waals surface area contributed by atoms with E-state index in [1.165, 1.54) is 0 Å². The Bertz CT molecular complexity index is 286. The predicted octanol–water partition coefficient (Wildman–Crippen LogP) is 1.89. The minimum Gasteiger partial charge on any atom is -0.381 e. The maximum atomic E-state index is 5.42. The lowest BCUT2D eigenvalue weighted by molar-refractivity contribution is 0.131. The maximum absolute atomic E-state index is 5.42. The maximum Gasteiger partial charge on any atom is 0.125 e. The van der Waals surface area contributed by atoms with Gasteiger partial charge in [0.15, 0.2) is 0 Å². The standard InChI is InChI=1S/C12H23N3O/c1-4-9-16-10-5-6-13-11(2)12-14-7-8-15(12)3/h7-8,11,13H,4-6,9-10H2,1-3H3. The average Bonchev–Trinajstić information content (AvgIpc) is 2.69. The van der Waals surface area contributed by atoms with Crippen LogP contribution in [0.5, 0.6) is 0 Å². The van der Waals surface area contributed by atoms with Gasteiger partial charge in [0.2, 0.25) is 0 Å². The van der Waals surface area contributed by atoms with E-state index in [-0.39, 0.29) is 0 Å². The molecule has 92 valence electrons. The molecule has 0 saturated carbocycles. The van der Waals surface area contributed by atoms with Gasteiger partial charge in [-0.1, -0.05) is 6.92 Å². The van der Waals surface area contributed by atoms with Gasteiger partial charge in [-0.3, -0.25) is 0 Å². The molecule has 16 heavy (non-hydrogen) atoms. The summed E-state index contributed by atoms with van der Waals surface area (Å²) in [5.74, 6) is 1.08. The summed E-state index contributed by atoms with van der Waals surface area (Å²) in [6.07, 6.45) is 5.95. The quantitative estimate of drug-likeness (QED) is 0.687. The number of hydrogen-bond acceptors (Lipinski definition) is 3. The fraction of sp³-hybridized carbons (Fsp3) is 0.750. The minimum atomic E-state index is 0.297. The lowest BCUT2D eigenvalue weighted by Gasteiger charge is -2.13. The molecule has 0 aliphatic heterocycles. The van der Waals surface area contributed by atoms with Crippen molar-refractivity contribution in [2.75, 3.05) is 19.8 Å². The van der Waals surface area contributed by atoms with Gasteiger partial charge in [-0.25, -0.2) is 4.98 Å². The molecule has 1 aromatic heterocycles. The number of imidazole rings is 1. The minimum absolute atomic E-state index is 0.297. The van der Waals surface area contributed by atoms with E-state index in [1.54, 1.807) is 0 Å². The Morgan fingerprint density at radius 1 is 1.50 bits per heavy atom. The number of aryl methyl sites for hydroxylation is 1. The van der Waals surface area contributed by atoms with Crippen LogP contribution in [-0.4, -0.2) is 29.3 Å². The molecule has 1 unspecified atom stereocenters. The van der Waals surface area contributed by atoms with Crippen molar-refractivity contribution >= 4 is 0 Å². The van der Waals surface area contributed by atoms with Gasteiger partial charge in [-0.2, -0.15) is 0 Å². The van der Waals surface area contributed by atoms with Crippen molar-refractivity contribution in [1.29, 1.82) is 0 Å². The molecule has 4 nitrogen and oxygen atoms in total. The summed E-state index contributed by atoms with van der Waals surface area (Å²) < 4.78 is 7.47. The smallest absolute Gasteiger partial charge is 0.125 e. The first-order valence-corrected chi connectivity index (χ1v) is 6.04. The summed E-state index contributed by atoms with van der Waals surface area (Å²) in [6, 6.07) is 0.297. The summed E-state index contributed by atoms with van der Waals surface area (Å²) in [5.41, 5.74) is 0. The van der Waals surface area contributed by atoms with Crippen LogP contribution in [0.15, 0.2) is 12.4 Å². The highest BCUT2D eigenvalue weighted by molar-refractivity contribution is 4.96. The van der Waals surface area contributed by atoms with Crippen LogP contribution in [-0.2, 0) is 11.8 Å². The molecule has 0 radical (unpaired) electrons. The van der Waals surface area contributed by atoms with E-state index in [0.717, 1.165) is 38.4 Å². The first kappa shape index (κ1) is 13.2. The largest absolute Gasteiger partial charge is 0.381 e. The second kappa shape index (κ2) is 7.41. The number of hydrogen-bond donors (Lipinski definition) is 1. The monoisotopic (exact) mass is 225 g/mol. The Kier molecular flexibility index (Phi) is 6.11. The van der Waals surface area contributed by atoms with E-state index in [9.17, 15) is 0 Å². The van der Waals surface area contributed by atoms with Crippen molar-refractivity contribution in [3.05, 3.63) is 18.2 Å². The number of ether oxygens (including phenoxy) is 1. The van der Waals surface area contributed by atoms with Crippen LogP contribution >= 0.6 is 0 Å². The van der Waals surface area contributed by atoms with Gasteiger partial charge in [0, 0.05) is 32.7 Å². The second-order valence-electron chi connectivity index (χ2n) is 4.04. The van der Waals surface area contributed by atoms with Crippen LogP contribution in [0.1, 0.15) is 38.6 Å². The topological polar surface area (TPSA) is 39.1 Å². The lowest BCUT2D eigenvalue weighted by atomic mass is 10.3. The van der Waals surface area contributed by atoms with Gasteiger partial charge in [0.05, 0.1) is 6.04 Å². The van der Waals surface area contributed by atoms with Crippen LogP contribution in [0.4, 0.5) is 0 Å². The number of aromatic nitrogens is 2. The molecule has 0 aromatic carbocycles. The highest BCUT2D eigenvalue weighted by atomic mass is 16.5. The molecule has 0 bridgehead atoms. The summed E-state index contributed by atoms with van der Waals surface area (Å²) in [5, 5.41) is 3.44. The third kappa shape index (κ3) is 4.33. The van der Waals surface area contributed by atoms with Gasteiger partial charge < -0.3 is 14.6 Å². The Morgan fingerprint density at radius 3 is 2.94 bits per heavy atom. The van der Waals surface area contributed by atoms with E-state index in [2.05, 4.69) is 24.1 Å². The van der Waals surface area contributed by atoms with Gasteiger partial charge in [0.25, 0.3) is 0 Å². The van der Waals surface area contributed by atoms with Crippen LogP contribution < -0.4 is 5.32 Å². The van der Waals surface area contributed by atoms with Crippen molar-refractivity contribution in [3.63, 3.8) is 0 Å². The molecule has 1 atom stereocenters. The first-order chi connectivity index (χ1) is 7.75. The van der Waals surface area contributed by atoms with Crippen molar-refractivity contribution in [2.45, 2.75) is 32.7 Å². The molecule has 1 heterocycles. The highest BCUT2D eigenvalue weighted by Crippen LogP contribution is 2.07. The zero-order chi connectivity index (χ0) is 11.8. The molecule has 0 fully saturated rings. The SMILES string of the molecule is CCCOCCCNC(C)c1nccn1C. The van der Waals surface area contributed by atoms with E-state index >= 15 is 0 Å². The van der Waals surface area contributed by atoms with Gasteiger partial charge in [-0.15, -0.1) is 0 Å². The fourth-order valence-corrected chi connectivity index (χ4v) is 1.62. The molecule has 1 N–H and O–H groups in total. The van der Waals surface area contributed by atoms with Gasteiger partial charge in [-0.05, 0) is 26.3 Å². The van der Waals surface area contributed by atoms with Gasteiger partial charge in [0.1, 0.15) is 5.82 Å². The molecular formula is C12H23N3O. The van der Waals surface area contributed by atoms with Crippen molar-refractivity contribution < 1.29 is 4.74 Å². The molecule has 0 spiro atoms. The first-order valence-electron chi connectivity index (χ1n) is 6.04. The lowest BCUT2D eigenvalue weighted by Crippen LogP contribution is -2.23. The molecule has 0 amide bonds. The predicted molar refractivity (Wildman–Crippen MR) is 65.4 cm³/mol. The Hall–Kier alpha value is -0.870. The van der Waals surface area contributed by atoms with Crippen molar-refractivity contribution in [3.8, 4) is 0 Å². The van der Waals surface area contributed by atoms with E-state index < -0.39 is 0 Å². The second-order valence-corrected chi connectivity index (χ2v) is 4.04. The van der Waals surface area contributed by atoms with Crippen LogP contribution in [0.25, 0.3) is 0 Å². The van der Waals surface area contributed by atoms with Crippen LogP contribution in [0.3, 0.4) is 0 Å². The molecule has 0 saturated heterocycles. The molecule has 1 rings (SSSR count). The summed E-state index contributed by atoms with van der Waals surface area (Å²) >= 11 is 0. The van der Waals surface area contributed by atoms with E-state index in [1.807, 2.05) is 24.0 Å². The molecule has 4 heteroatoms. The zero-order valence-electron chi connectivity index (χ0n) is 10.6. The van der Waals surface area contributed by atoms with Crippen molar-refractivity contribution in [2.24, 2.45) is 7.05 Å². The Morgan fingerprint density at radius 2 is 2.31 bits per heavy atom. The molecule has 0 aliphatic rings. The fourth-order valence-electron chi connectivity index (χ4n) is 1.62. The summed E-state index contributed by atoms with van der Waals surface area (Å²) in [4.78, 5) is 4.31. The molecule has 0 aliphatic carbocycles. The van der Waals surface area contributed by atoms with Crippen LogP contribution in [0, 0.1) is 0 Å². The van der Waals surface area contributed by atoms with Crippen LogP contribution in [0.2, 0.25) is 0 Å². The van der Waals surface area contributed by atoms with Gasteiger partial charge >= 0.3 is 0 Å². The van der Waals surface area contributed by atoms with Crippen molar-refractivity contribution in [1.82, 2.24) is 14.9 Å². The third-order valence-electron chi connectivity index (χ3n) is 2.51. The molecule has 1 aromatic rings. The summed E-state index contributed by atoms with van der Waals surface area (Å²) in [6.45, 7) is 6.94. The third-order valence-corrected chi connectivity index (χ3v) is 2.51. The number of nitrogens with one attached hydrogen (secondary N) is 1. The highest BCUT2D eigenvalue weighted by Gasteiger charge is 2.08. The Labute approximate surface area is 98.0 Å². The summed E-state index contributed by atoms with van der Waals surface area (Å²) in [7, 11) is 2.02. The Balaban J connectivity index is 2.11. The molecular weight excluding hydrogens is 202 g/mol. The zero-order valence-corrected chi connectivity index (χ0v) is 10.6. The number of rotatable bonds is 8. The number of nitrogens with zero attached hydrogens (tertiary/aromatic N) is 2. The van der Waals surface area contributed by atoms with E-state index in [0.29, 0.717) is 6.04 Å². The average molecular weight is 225 g/mol. The van der Waals surface area contributed by atoms with E-state index in [4.69, 9.17) is 4.74 Å².